The fourth-order valence-electron chi connectivity index (χ4n) is 2.74. The van der Waals surface area contributed by atoms with Gasteiger partial charge < -0.3 is 20.2 Å². The van der Waals surface area contributed by atoms with Crippen molar-refractivity contribution in [3.8, 4) is 0 Å². The van der Waals surface area contributed by atoms with Crippen LogP contribution < -0.4 is 10.6 Å². The van der Waals surface area contributed by atoms with Gasteiger partial charge in [-0.25, -0.2) is 4.79 Å². The Bertz CT molecular complexity index is 480. The van der Waals surface area contributed by atoms with Crippen LogP contribution in [0, 0.1) is 5.41 Å². The van der Waals surface area contributed by atoms with Gasteiger partial charge in [-0.15, -0.1) is 0 Å². The van der Waals surface area contributed by atoms with E-state index in [1.807, 2.05) is 19.1 Å². The Labute approximate surface area is 123 Å². The van der Waals surface area contributed by atoms with Gasteiger partial charge in [0.2, 0.25) is 0 Å². The van der Waals surface area contributed by atoms with Crippen LogP contribution in [0.15, 0.2) is 22.8 Å². The van der Waals surface area contributed by atoms with Gasteiger partial charge in [0.05, 0.1) is 12.7 Å². The Hall–Kier alpha value is -1.98. The first kappa shape index (κ1) is 15.4. The number of carbonyl (C=O) groups is 2. The molecule has 1 aliphatic carbocycles. The number of urea groups is 1. The SMILES string of the molecule is CC(Cc1ccco1)NC(=O)NCC1(CC(=O)O)CCC1. The molecular formula is C15H22N2O4. The first-order chi connectivity index (χ1) is 9.99. The third kappa shape index (κ3) is 4.51. The van der Waals surface area contributed by atoms with Crippen LogP contribution in [-0.4, -0.2) is 29.7 Å². The third-order valence-corrected chi connectivity index (χ3v) is 4.03. The van der Waals surface area contributed by atoms with Gasteiger partial charge in [-0.1, -0.05) is 6.42 Å². The van der Waals surface area contributed by atoms with Gasteiger partial charge in [0.25, 0.3) is 0 Å². The maximum absolute atomic E-state index is 11.9. The van der Waals surface area contributed by atoms with Crippen LogP contribution in [0.3, 0.4) is 0 Å². The molecule has 2 rings (SSSR count). The van der Waals surface area contributed by atoms with Gasteiger partial charge in [-0.2, -0.15) is 0 Å². The molecule has 0 saturated heterocycles. The monoisotopic (exact) mass is 294 g/mol. The van der Waals surface area contributed by atoms with Crippen molar-refractivity contribution in [2.24, 2.45) is 5.41 Å². The smallest absolute Gasteiger partial charge is 0.315 e. The molecule has 0 spiro atoms. The molecule has 0 bridgehead atoms. The molecule has 1 saturated carbocycles. The predicted molar refractivity (Wildman–Crippen MR) is 76.9 cm³/mol. The zero-order valence-corrected chi connectivity index (χ0v) is 12.2. The molecular weight excluding hydrogens is 272 g/mol. The molecule has 1 aliphatic rings. The molecule has 2 amide bonds. The summed E-state index contributed by atoms with van der Waals surface area (Å²) in [6, 6.07) is 3.37. The second kappa shape index (κ2) is 6.65. The van der Waals surface area contributed by atoms with Crippen LogP contribution in [0.4, 0.5) is 4.79 Å². The average molecular weight is 294 g/mol. The highest BCUT2D eigenvalue weighted by molar-refractivity contribution is 5.74. The van der Waals surface area contributed by atoms with Crippen LogP contribution in [0.25, 0.3) is 0 Å². The lowest BCUT2D eigenvalue weighted by Crippen LogP contribution is -2.48. The van der Waals surface area contributed by atoms with Crippen LogP contribution in [0.5, 0.6) is 0 Å². The molecule has 0 aliphatic heterocycles. The quantitative estimate of drug-likeness (QED) is 0.718. The second-order valence-electron chi connectivity index (χ2n) is 5.94. The summed E-state index contributed by atoms with van der Waals surface area (Å²) in [6.45, 7) is 2.32. The summed E-state index contributed by atoms with van der Waals surface area (Å²) in [5.74, 6) is 0.0206. The third-order valence-electron chi connectivity index (χ3n) is 4.03. The number of carboxylic acid groups (broad SMARTS) is 1. The fourth-order valence-corrected chi connectivity index (χ4v) is 2.74. The summed E-state index contributed by atoms with van der Waals surface area (Å²) >= 11 is 0. The Morgan fingerprint density at radius 1 is 1.48 bits per heavy atom. The number of hydrogen-bond acceptors (Lipinski definition) is 3. The molecule has 1 atom stereocenters. The predicted octanol–water partition coefficient (Wildman–Crippen LogP) is 2.15. The van der Waals surface area contributed by atoms with E-state index in [2.05, 4.69) is 10.6 Å². The number of nitrogens with one attached hydrogen (secondary N) is 2. The van der Waals surface area contributed by atoms with Gasteiger partial charge >= 0.3 is 12.0 Å². The Kier molecular flexibility index (Phi) is 4.88. The van der Waals surface area contributed by atoms with Crippen molar-refractivity contribution in [3.63, 3.8) is 0 Å². The minimum absolute atomic E-state index is 0.0482. The van der Waals surface area contributed by atoms with Crippen LogP contribution in [0.2, 0.25) is 0 Å². The molecule has 1 aromatic heterocycles. The van der Waals surface area contributed by atoms with Gasteiger partial charge in [-0.3, -0.25) is 4.79 Å². The molecule has 1 unspecified atom stereocenters. The van der Waals surface area contributed by atoms with Gasteiger partial charge in [0.15, 0.2) is 0 Å². The number of rotatable bonds is 7. The molecule has 3 N–H and O–H groups in total. The number of aliphatic carboxylic acids is 1. The zero-order valence-electron chi connectivity index (χ0n) is 12.2. The Morgan fingerprint density at radius 2 is 2.24 bits per heavy atom. The van der Waals surface area contributed by atoms with Crippen molar-refractivity contribution in [2.45, 2.75) is 45.1 Å². The van der Waals surface area contributed by atoms with Crippen molar-refractivity contribution >= 4 is 12.0 Å². The van der Waals surface area contributed by atoms with E-state index >= 15 is 0 Å². The van der Waals surface area contributed by atoms with Crippen LogP contribution in [0.1, 0.15) is 38.4 Å². The molecule has 0 radical (unpaired) electrons. The molecule has 1 fully saturated rings. The Morgan fingerprint density at radius 3 is 2.76 bits per heavy atom. The van der Waals surface area contributed by atoms with Crippen LogP contribution in [-0.2, 0) is 11.2 Å². The van der Waals surface area contributed by atoms with E-state index in [4.69, 9.17) is 9.52 Å². The van der Waals surface area contributed by atoms with E-state index in [1.165, 1.54) is 0 Å². The normalized spacial score (nSPS) is 17.6. The summed E-state index contributed by atoms with van der Waals surface area (Å²) in [5, 5.41) is 14.6. The first-order valence-corrected chi connectivity index (χ1v) is 7.28. The highest BCUT2D eigenvalue weighted by Gasteiger charge is 2.39. The van der Waals surface area contributed by atoms with E-state index in [1.54, 1.807) is 6.26 Å². The van der Waals surface area contributed by atoms with Gasteiger partial charge in [-0.05, 0) is 37.3 Å². The summed E-state index contributed by atoms with van der Waals surface area (Å²) in [7, 11) is 0. The maximum atomic E-state index is 11.9. The molecule has 1 heterocycles. The second-order valence-corrected chi connectivity index (χ2v) is 5.94. The number of furan rings is 1. The highest BCUT2D eigenvalue weighted by Crippen LogP contribution is 2.43. The van der Waals surface area contributed by atoms with E-state index in [0.717, 1.165) is 25.0 Å². The first-order valence-electron chi connectivity index (χ1n) is 7.28. The van der Waals surface area contributed by atoms with Crippen molar-refractivity contribution in [1.82, 2.24) is 10.6 Å². The van der Waals surface area contributed by atoms with Crippen molar-refractivity contribution in [2.75, 3.05) is 6.54 Å². The zero-order chi connectivity index (χ0) is 15.3. The lowest BCUT2D eigenvalue weighted by atomic mass is 9.66. The van der Waals surface area contributed by atoms with Crippen LogP contribution >= 0.6 is 0 Å². The number of carbonyl (C=O) groups excluding carboxylic acids is 1. The molecule has 116 valence electrons. The Balaban J connectivity index is 1.72. The van der Waals surface area contributed by atoms with Gasteiger partial charge in [0, 0.05) is 19.0 Å². The summed E-state index contributed by atoms with van der Waals surface area (Å²) < 4.78 is 5.23. The fraction of sp³-hybridized carbons (Fsp3) is 0.600. The van der Waals surface area contributed by atoms with E-state index < -0.39 is 5.97 Å². The summed E-state index contributed by atoms with van der Waals surface area (Å²) in [5.41, 5.74) is -0.257. The lowest BCUT2D eigenvalue weighted by molar-refractivity contribution is -0.141. The molecule has 1 aromatic rings. The van der Waals surface area contributed by atoms with E-state index in [0.29, 0.717) is 13.0 Å². The summed E-state index contributed by atoms with van der Waals surface area (Å²) in [4.78, 5) is 22.7. The largest absolute Gasteiger partial charge is 0.481 e. The number of hydrogen-bond donors (Lipinski definition) is 3. The molecule has 21 heavy (non-hydrogen) atoms. The average Bonchev–Trinajstić information content (AvgIpc) is 2.84. The van der Waals surface area contributed by atoms with Crippen molar-refractivity contribution < 1.29 is 19.1 Å². The molecule has 0 aromatic carbocycles. The molecule has 6 heteroatoms. The van der Waals surface area contributed by atoms with E-state index in [9.17, 15) is 9.59 Å². The van der Waals surface area contributed by atoms with Gasteiger partial charge in [0.1, 0.15) is 5.76 Å². The van der Waals surface area contributed by atoms with Crippen molar-refractivity contribution in [1.29, 1.82) is 0 Å². The number of amides is 2. The lowest BCUT2D eigenvalue weighted by Gasteiger charge is -2.40. The minimum Gasteiger partial charge on any atom is -0.481 e. The van der Waals surface area contributed by atoms with Crippen molar-refractivity contribution in [3.05, 3.63) is 24.2 Å². The topological polar surface area (TPSA) is 91.6 Å². The highest BCUT2D eigenvalue weighted by atomic mass is 16.4. The summed E-state index contributed by atoms with van der Waals surface area (Å²) in [6.07, 6.45) is 5.11. The molecule has 6 nitrogen and oxygen atoms in total. The maximum Gasteiger partial charge on any atom is 0.315 e. The minimum atomic E-state index is -0.803. The standard InChI is InChI=1S/C15H22N2O4/c1-11(8-12-4-2-7-21-12)17-14(20)16-10-15(5-3-6-15)9-13(18)19/h2,4,7,11H,3,5-6,8-10H2,1H3,(H,18,19)(H2,16,17,20). The van der Waals surface area contributed by atoms with E-state index in [-0.39, 0.29) is 23.9 Å². The number of carboxylic acids is 1.